The van der Waals surface area contributed by atoms with Gasteiger partial charge in [0.05, 0.1) is 0 Å². The minimum Gasteiger partial charge on any atom is -0.317 e. The smallest absolute Gasteiger partial charge is 0.00955 e. The lowest BCUT2D eigenvalue weighted by atomic mass is 9.88. The predicted octanol–water partition coefficient (Wildman–Crippen LogP) is 3.71. The largest absolute Gasteiger partial charge is 0.317 e. The number of hydrogen-bond acceptors (Lipinski definition) is 1. The van der Waals surface area contributed by atoms with Crippen molar-refractivity contribution in [3.05, 3.63) is 35.4 Å². The monoisotopic (exact) mass is 231 g/mol. The molecule has 2 rings (SSSR count). The Morgan fingerprint density at radius 2 is 2.00 bits per heavy atom. The van der Waals surface area contributed by atoms with Gasteiger partial charge >= 0.3 is 0 Å². The number of hydrogen-bond donors (Lipinski definition) is 1. The van der Waals surface area contributed by atoms with Crippen LogP contribution in [0.25, 0.3) is 0 Å². The van der Waals surface area contributed by atoms with Crippen LogP contribution in [0, 0.1) is 12.8 Å². The lowest BCUT2D eigenvalue weighted by molar-refractivity contribution is 0.350. The summed E-state index contributed by atoms with van der Waals surface area (Å²) in [4.78, 5) is 0. The van der Waals surface area contributed by atoms with Crippen LogP contribution in [-0.4, -0.2) is 13.1 Å². The summed E-state index contributed by atoms with van der Waals surface area (Å²) in [6.45, 7) is 2.19. The van der Waals surface area contributed by atoms with Gasteiger partial charge in [0.25, 0.3) is 0 Å². The van der Waals surface area contributed by atoms with Gasteiger partial charge in [-0.2, -0.15) is 0 Å². The summed E-state index contributed by atoms with van der Waals surface area (Å²) in [5, 5.41) is 3.53. The fourth-order valence-corrected chi connectivity index (χ4v) is 3.15. The van der Waals surface area contributed by atoms with Crippen LogP contribution in [0.1, 0.15) is 43.2 Å². The molecule has 0 saturated heterocycles. The van der Waals surface area contributed by atoms with E-state index in [4.69, 9.17) is 0 Å². The first-order valence-electron chi connectivity index (χ1n) is 7.02. The van der Waals surface area contributed by atoms with Gasteiger partial charge in [-0.15, -0.1) is 0 Å². The molecular formula is C16H25N. The van der Waals surface area contributed by atoms with Crippen LogP contribution in [0.2, 0.25) is 0 Å². The van der Waals surface area contributed by atoms with Gasteiger partial charge in [-0.3, -0.25) is 0 Å². The molecule has 1 aromatic rings. The van der Waals surface area contributed by atoms with Gasteiger partial charge < -0.3 is 5.32 Å². The van der Waals surface area contributed by atoms with Crippen LogP contribution in [0.3, 0.4) is 0 Å². The average molecular weight is 231 g/mol. The molecule has 1 N–H and O–H groups in total. The summed E-state index contributed by atoms with van der Waals surface area (Å²) in [5.41, 5.74) is 2.90. The Morgan fingerprint density at radius 3 is 2.76 bits per heavy atom. The second-order valence-corrected chi connectivity index (χ2v) is 5.49. The first-order chi connectivity index (χ1) is 8.29. The molecule has 0 spiro atoms. The van der Waals surface area contributed by atoms with Gasteiger partial charge in [0.2, 0.25) is 0 Å². The SMILES string of the molecule is CNC1CCCCCC1Cc1cccc(C)c1. The van der Waals surface area contributed by atoms with Crippen molar-refractivity contribution in [3.8, 4) is 0 Å². The summed E-state index contributed by atoms with van der Waals surface area (Å²) >= 11 is 0. The van der Waals surface area contributed by atoms with Crippen LogP contribution < -0.4 is 5.32 Å². The molecule has 0 radical (unpaired) electrons. The highest BCUT2D eigenvalue weighted by molar-refractivity contribution is 5.22. The van der Waals surface area contributed by atoms with Crippen molar-refractivity contribution in [2.45, 2.75) is 51.5 Å². The Labute approximate surface area is 106 Å². The zero-order valence-corrected chi connectivity index (χ0v) is 11.2. The lowest BCUT2D eigenvalue weighted by Gasteiger charge is -2.25. The summed E-state index contributed by atoms with van der Waals surface area (Å²) < 4.78 is 0. The summed E-state index contributed by atoms with van der Waals surface area (Å²) in [7, 11) is 2.12. The van der Waals surface area contributed by atoms with Crippen LogP contribution in [0.5, 0.6) is 0 Å². The maximum Gasteiger partial charge on any atom is 0.00955 e. The average Bonchev–Trinajstić information content (AvgIpc) is 2.54. The molecule has 1 aliphatic carbocycles. The Kier molecular flexibility index (Phi) is 4.61. The van der Waals surface area contributed by atoms with Crippen molar-refractivity contribution >= 4 is 0 Å². The normalized spacial score (nSPS) is 25.5. The molecule has 1 saturated carbocycles. The van der Waals surface area contributed by atoms with Gasteiger partial charge in [-0.25, -0.2) is 0 Å². The van der Waals surface area contributed by atoms with E-state index < -0.39 is 0 Å². The first-order valence-corrected chi connectivity index (χ1v) is 7.02. The van der Waals surface area contributed by atoms with Gasteiger partial charge in [0.1, 0.15) is 0 Å². The molecular weight excluding hydrogens is 206 g/mol. The summed E-state index contributed by atoms with van der Waals surface area (Å²) in [6.07, 6.45) is 8.21. The zero-order valence-electron chi connectivity index (χ0n) is 11.2. The van der Waals surface area contributed by atoms with E-state index in [0.717, 1.165) is 12.0 Å². The quantitative estimate of drug-likeness (QED) is 0.782. The Morgan fingerprint density at radius 1 is 1.18 bits per heavy atom. The van der Waals surface area contributed by atoms with Crippen molar-refractivity contribution in [2.24, 2.45) is 5.92 Å². The highest BCUT2D eigenvalue weighted by Crippen LogP contribution is 2.26. The molecule has 1 heteroatoms. The number of rotatable bonds is 3. The highest BCUT2D eigenvalue weighted by atomic mass is 14.9. The van der Waals surface area contributed by atoms with Gasteiger partial charge in [0, 0.05) is 6.04 Å². The minimum atomic E-state index is 0.720. The standard InChI is InChI=1S/C16H25N/c1-13-7-6-8-14(11-13)12-15-9-4-3-5-10-16(15)17-2/h6-8,11,15-17H,3-5,9-10,12H2,1-2H3. The van der Waals surface area contributed by atoms with Crippen molar-refractivity contribution in [1.29, 1.82) is 0 Å². The van der Waals surface area contributed by atoms with Gasteiger partial charge in [-0.05, 0) is 44.7 Å². The van der Waals surface area contributed by atoms with E-state index in [9.17, 15) is 0 Å². The number of nitrogens with one attached hydrogen (secondary N) is 1. The predicted molar refractivity (Wildman–Crippen MR) is 74.3 cm³/mol. The lowest BCUT2D eigenvalue weighted by Crippen LogP contribution is -2.33. The molecule has 1 fully saturated rings. The third-order valence-electron chi connectivity index (χ3n) is 4.11. The Hall–Kier alpha value is -0.820. The van der Waals surface area contributed by atoms with Crippen LogP contribution in [0.15, 0.2) is 24.3 Å². The van der Waals surface area contributed by atoms with Crippen molar-refractivity contribution in [1.82, 2.24) is 5.32 Å². The Balaban J connectivity index is 2.04. The maximum absolute atomic E-state index is 3.53. The molecule has 0 bridgehead atoms. The highest BCUT2D eigenvalue weighted by Gasteiger charge is 2.22. The molecule has 0 heterocycles. The molecule has 2 atom stereocenters. The number of benzene rings is 1. The molecule has 0 aliphatic heterocycles. The summed E-state index contributed by atoms with van der Waals surface area (Å²) in [6, 6.07) is 9.72. The maximum atomic E-state index is 3.53. The van der Waals surface area contributed by atoms with Crippen LogP contribution >= 0.6 is 0 Å². The zero-order chi connectivity index (χ0) is 12.1. The van der Waals surface area contributed by atoms with Crippen molar-refractivity contribution in [3.63, 3.8) is 0 Å². The van der Waals surface area contributed by atoms with Crippen LogP contribution in [0.4, 0.5) is 0 Å². The van der Waals surface area contributed by atoms with Gasteiger partial charge in [-0.1, -0.05) is 49.1 Å². The minimum absolute atomic E-state index is 0.720. The molecule has 1 aromatic carbocycles. The molecule has 94 valence electrons. The summed E-state index contributed by atoms with van der Waals surface area (Å²) in [5.74, 6) is 0.823. The second kappa shape index (κ2) is 6.20. The molecule has 2 unspecified atom stereocenters. The van der Waals surface area contributed by atoms with E-state index in [1.54, 1.807) is 0 Å². The van der Waals surface area contributed by atoms with E-state index in [1.807, 2.05) is 0 Å². The molecule has 17 heavy (non-hydrogen) atoms. The van der Waals surface area contributed by atoms with E-state index in [2.05, 4.69) is 43.6 Å². The first kappa shape index (κ1) is 12.6. The molecule has 1 nitrogen and oxygen atoms in total. The van der Waals surface area contributed by atoms with E-state index in [-0.39, 0.29) is 0 Å². The molecule has 0 amide bonds. The topological polar surface area (TPSA) is 12.0 Å². The second-order valence-electron chi connectivity index (χ2n) is 5.49. The van der Waals surface area contributed by atoms with E-state index in [0.29, 0.717) is 0 Å². The third-order valence-corrected chi connectivity index (χ3v) is 4.11. The van der Waals surface area contributed by atoms with E-state index in [1.165, 1.54) is 49.7 Å². The fraction of sp³-hybridized carbons (Fsp3) is 0.625. The Bertz CT molecular complexity index is 345. The van der Waals surface area contributed by atoms with Crippen LogP contribution in [-0.2, 0) is 6.42 Å². The van der Waals surface area contributed by atoms with Gasteiger partial charge in [0.15, 0.2) is 0 Å². The third kappa shape index (κ3) is 3.57. The fourth-order valence-electron chi connectivity index (χ4n) is 3.15. The molecule has 1 aliphatic rings. The molecule has 0 aromatic heterocycles. The van der Waals surface area contributed by atoms with Crippen molar-refractivity contribution in [2.75, 3.05) is 7.05 Å². The number of aryl methyl sites for hydroxylation is 1. The van der Waals surface area contributed by atoms with Crippen molar-refractivity contribution < 1.29 is 0 Å². The van der Waals surface area contributed by atoms with E-state index >= 15 is 0 Å².